The molecule has 0 fully saturated rings. The van der Waals surface area contributed by atoms with Crippen LogP contribution in [0.5, 0.6) is 0 Å². The van der Waals surface area contributed by atoms with Gasteiger partial charge in [0.05, 0.1) is 5.69 Å². The molecular formula is C10H13BrN4. The molecule has 2 rings (SSSR count). The van der Waals surface area contributed by atoms with Crippen molar-refractivity contribution in [3.63, 3.8) is 0 Å². The molecule has 15 heavy (non-hydrogen) atoms. The molecule has 80 valence electrons. The van der Waals surface area contributed by atoms with Gasteiger partial charge in [0, 0.05) is 30.3 Å². The first-order valence-corrected chi connectivity index (χ1v) is 5.86. The minimum atomic E-state index is 0.805. The van der Waals surface area contributed by atoms with Crippen molar-refractivity contribution in [1.82, 2.24) is 19.3 Å². The Morgan fingerprint density at radius 3 is 2.67 bits per heavy atom. The second-order valence-corrected chi connectivity index (χ2v) is 4.05. The first kappa shape index (κ1) is 10.4. The van der Waals surface area contributed by atoms with Crippen LogP contribution in [-0.2, 0) is 12.4 Å². The van der Waals surface area contributed by atoms with Gasteiger partial charge in [-0.3, -0.25) is 9.25 Å². The number of halogens is 1. The van der Waals surface area contributed by atoms with Crippen molar-refractivity contribution in [1.29, 1.82) is 0 Å². The van der Waals surface area contributed by atoms with E-state index in [2.05, 4.69) is 30.6 Å². The van der Waals surface area contributed by atoms with E-state index in [1.807, 2.05) is 31.8 Å². The maximum Gasteiger partial charge on any atom is 0.140 e. The number of hydrogen-bond acceptors (Lipinski definition) is 2. The highest BCUT2D eigenvalue weighted by molar-refractivity contribution is 9.08. The van der Waals surface area contributed by atoms with Crippen LogP contribution < -0.4 is 0 Å². The monoisotopic (exact) mass is 268 g/mol. The summed E-state index contributed by atoms with van der Waals surface area (Å²) in [6.45, 7) is 4.01. The lowest BCUT2D eigenvalue weighted by Gasteiger charge is -2.07. The Kier molecular flexibility index (Phi) is 2.65. The van der Waals surface area contributed by atoms with Crippen molar-refractivity contribution < 1.29 is 0 Å². The Balaban J connectivity index is 2.67. The highest BCUT2D eigenvalue weighted by Gasteiger charge is 2.14. The van der Waals surface area contributed by atoms with E-state index in [9.17, 15) is 0 Å². The van der Waals surface area contributed by atoms with E-state index in [1.54, 1.807) is 6.20 Å². The van der Waals surface area contributed by atoms with Crippen LogP contribution in [0.2, 0.25) is 0 Å². The third-order valence-corrected chi connectivity index (χ3v) is 3.06. The largest absolute Gasteiger partial charge is 0.288 e. The molecule has 0 radical (unpaired) electrons. The molecule has 0 saturated carbocycles. The highest BCUT2D eigenvalue weighted by Crippen LogP contribution is 2.21. The van der Waals surface area contributed by atoms with E-state index < -0.39 is 0 Å². The van der Waals surface area contributed by atoms with Gasteiger partial charge in [-0.2, -0.15) is 5.10 Å². The topological polar surface area (TPSA) is 35.6 Å². The first-order valence-electron chi connectivity index (χ1n) is 4.74. The molecule has 0 aliphatic rings. The average molecular weight is 269 g/mol. The number of rotatable bonds is 2. The number of aromatic nitrogens is 4. The Bertz CT molecular complexity index is 484. The lowest BCUT2D eigenvalue weighted by molar-refractivity contribution is 0.714. The molecule has 0 aromatic carbocycles. The summed E-state index contributed by atoms with van der Waals surface area (Å²) in [5.74, 6) is 2.06. The number of hydrogen-bond donors (Lipinski definition) is 0. The number of aryl methyl sites for hydroxylation is 3. The Labute approximate surface area is 97.1 Å². The molecule has 0 unspecified atom stereocenters. The number of alkyl halides is 1. The summed E-state index contributed by atoms with van der Waals surface area (Å²) >= 11 is 3.50. The quantitative estimate of drug-likeness (QED) is 0.783. The van der Waals surface area contributed by atoms with Gasteiger partial charge < -0.3 is 0 Å². The van der Waals surface area contributed by atoms with Crippen LogP contribution in [0.25, 0.3) is 5.82 Å². The number of nitrogens with zero attached hydrogens (tertiary/aromatic N) is 4. The molecule has 0 bridgehead atoms. The maximum atomic E-state index is 4.42. The SMILES string of the molecule is Cc1nn(C)c(-n2ccnc2C)c1CBr. The Morgan fingerprint density at radius 1 is 1.40 bits per heavy atom. The van der Waals surface area contributed by atoms with Crippen molar-refractivity contribution in [2.75, 3.05) is 0 Å². The van der Waals surface area contributed by atoms with Crippen LogP contribution in [0, 0.1) is 13.8 Å². The fourth-order valence-corrected chi connectivity index (χ4v) is 2.41. The second-order valence-electron chi connectivity index (χ2n) is 3.49. The fraction of sp³-hybridized carbons (Fsp3) is 0.400. The molecule has 2 heterocycles. The van der Waals surface area contributed by atoms with Crippen LogP contribution in [0.3, 0.4) is 0 Å². The van der Waals surface area contributed by atoms with E-state index in [0.29, 0.717) is 0 Å². The van der Waals surface area contributed by atoms with Gasteiger partial charge in [0.2, 0.25) is 0 Å². The van der Waals surface area contributed by atoms with Crippen LogP contribution in [-0.4, -0.2) is 19.3 Å². The van der Waals surface area contributed by atoms with E-state index in [1.165, 1.54) is 5.56 Å². The van der Waals surface area contributed by atoms with Crippen LogP contribution in [0.15, 0.2) is 12.4 Å². The molecule has 0 amide bonds. The average Bonchev–Trinajstić information content (AvgIpc) is 2.70. The summed E-state index contributed by atoms with van der Waals surface area (Å²) in [4.78, 5) is 4.23. The molecule has 0 aliphatic heterocycles. The van der Waals surface area contributed by atoms with Crippen LogP contribution in [0.1, 0.15) is 17.1 Å². The molecule has 2 aromatic heterocycles. The third kappa shape index (κ3) is 1.61. The minimum Gasteiger partial charge on any atom is -0.288 e. The minimum absolute atomic E-state index is 0.805. The molecule has 0 saturated heterocycles. The molecule has 4 nitrogen and oxygen atoms in total. The summed E-state index contributed by atoms with van der Waals surface area (Å²) in [6, 6.07) is 0. The normalized spacial score (nSPS) is 10.9. The van der Waals surface area contributed by atoms with Gasteiger partial charge in [-0.25, -0.2) is 4.98 Å². The maximum absolute atomic E-state index is 4.42. The zero-order valence-corrected chi connectivity index (χ0v) is 10.6. The van der Waals surface area contributed by atoms with Gasteiger partial charge in [0.1, 0.15) is 11.6 Å². The van der Waals surface area contributed by atoms with Crippen molar-refractivity contribution >= 4 is 15.9 Å². The van der Waals surface area contributed by atoms with E-state index in [0.717, 1.165) is 22.7 Å². The fourth-order valence-electron chi connectivity index (χ4n) is 1.75. The van der Waals surface area contributed by atoms with Crippen LogP contribution in [0.4, 0.5) is 0 Å². The predicted octanol–water partition coefficient (Wildman–Crippen LogP) is 2.12. The van der Waals surface area contributed by atoms with Gasteiger partial charge >= 0.3 is 0 Å². The van der Waals surface area contributed by atoms with Gasteiger partial charge in [-0.05, 0) is 13.8 Å². The molecule has 0 atom stereocenters. The molecule has 0 spiro atoms. The summed E-state index contributed by atoms with van der Waals surface area (Å²) in [5, 5.41) is 5.22. The molecule has 0 N–H and O–H groups in total. The second kappa shape index (κ2) is 3.81. The van der Waals surface area contributed by atoms with E-state index in [-0.39, 0.29) is 0 Å². The Hall–Kier alpha value is -1.10. The predicted molar refractivity (Wildman–Crippen MR) is 62.4 cm³/mol. The van der Waals surface area contributed by atoms with Gasteiger partial charge in [-0.1, -0.05) is 15.9 Å². The molecule has 5 heteroatoms. The summed E-state index contributed by atoms with van der Waals surface area (Å²) in [6.07, 6.45) is 3.76. The first-order chi connectivity index (χ1) is 7.15. The lowest BCUT2D eigenvalue weighted by atomic mass is 10.3. The smallest absolute Gasteiger partial charge is 0.140 e. The van der Waals surface area contributed by atoms with E-state index in [4.69, 9.17) is 0 Å². The molecular weight excluding hydrogens is 256 g/mol. The summed E-state index contributed by atoms with van der Waals surface area (Å²) < 4.78 is 3.94. The van der Waals surface area contributed by atoms with Crippen molar-refractivity contribution in [2.45, 2.75) is 19.2 Å². The molecule has 0 aliphatic carbocycles. The van der Waals surface area contributed by atoms with Crippen molar-refractivity contribution in [2.24, 2.45) is 7.05 Å². The van der Waals surface area contributed by atoms with Gasteiger partial charge in [0.15, 0.2) is 0 Å². The number of imidazole rings is 1. The third-order valence-electron chi connectivity index (χ3n) is 2.50. The van der Waals surface area contributed by atoms with Crippen molar-refractivity contribution in [3.05, 3.63) is 29.5 Å². The summed E-state index contributed by atoms with van der Waals surface area (Å²) in [5.41, 5.74) is 2.26. The van der Waals surface area contributed by atoms with Crippen molar-refractivity contribution in [3.8, 4) is 5.82 Å². The lowest BCUT2D eigenvalue weighted by Crippen LogP contribution is -2.05. The van der Waals surface area contributed by atoms with Gasteiger partial charge in [0.25, 0.3) is 0 Å². The van der Waals surface area contributed by atoms with E-state index >= 15 is 0 Å². The zero-order valence-electron chi connectivity index (χ0n) is 9.03. The Morgan fingerprint density at radius 2 is 2.13 bits per heavy atom. The highest BCUT2D eigenvalue weighted by atomic mass is 79.9. The van der Waals surface area contributed by atoms with Crippen LogP contribution >= 0.6 is 15.9 Å². The zero-order chi connectivity index (χ0) is 11.0. The standard InChI is InChI=1S/C10H13BrN4/c1-7-9(6-11)10(14(3)13-7)15-5-4-12-8(15)2/h4-5H,6H2,1-3H3. The molecule has 2 aromatic rings. The van der Waals surface area contributed by atoms with Gasteiger partial charge in [-0.15, -0.1) is 0 Å². The summed E-state index contributed by atoms with van der Waals surface area (Å²) in [7, 11) is 1.95.